The third kappa shape index (κ3) is 6.88. The smallest absolute Gasteiger partial charge is 0.264 e. The Kier molecular flexibility index (Phi) is 9.95. The van der Waals surface area contributed by atoms with Crippen LogP contribution in [-0.4, -0.2) is 58.5 Å². The molecule has 39 heavy (non-hydrogen) atoms. The Bertz CT molecular complexity index is 1390. The van der Waals surface area contributed by atoms with E-state index >= 15 is 0 Å². The van der Waals surface area contributed by atoms with Gasteiger partial charge in [-0.3, -0.25) is 13.9 Å². The zero-order valence-corrected chi connectivity index (χ0v) is 23.7. The first-order valence-electron chi connectivity index (χ1n) is 12.6. The van der Waals surface area contributed by atoms with Gasteiger partial charge in [0.05, 0.1) is 24.8 Å². The fraction of sp³-hybridized carbons (Fsp3) is 0.310. The standard InChI is InChI=1S/C29H35N3O6S/c1-6-30-29(34)22(3)31(19-23-12-8-7-11-21(23)2)28(33)20-32(26-13-9-10-14-27(26)38-5)39(35,36)25-17-15-24(37-4)16-18-25/h7-18,22H,6,19-20H2,1-5H3,(H,30,34). The topological polar surface area (TPSA) is 105 Å². The van der Waals surface area contributed by atoms with Crippen molar-refractivity contribution in [2.24, 2.45) is 0 Å². The van der Waals surface area contributed by atoms with Gasteiger partial charge >= 0.3 is 0 Å². The van der Waals surface area contributed by atoms with E-state index in [0.29, 0.717) is 12.3 Å². The van der Waals surface area contributed by atoms with Crippen LogP contribution in [0, 0.1) is 6.92 Å². The molecule has 1 unspecified atom stereocenters. The van der Waals surface area contributed by atoms with Crippen molar-refractivity contribution in [3.05, 3.63) is 83.9 Å². The third-order valence-corrected chi connectivity index (χ3v) is 8.17. The number of benzene rings is 3. The molecule has 0 fully saturated rings. The molecule has 0 saturated heterocycles. The van der Waals surface area contributed by atoms with Crippen molar-refractivity contribution in [2.75, 3.05) is 31.6 Å². The summed E-state index contributed by atoms with van der Waals surface area (Å²) in [5.74, 6) is -0.0973. The highest BCUT2D eigenvalue weighted by atomic mass is 32.2. The lowest BCUT2D eigenvalue weighted by Gasteiger charge is -2.32. The molecule has 0 aliphatic heterocycles. The number of nitrogens with one attached hydrogen (secondary N) is 1. The summed E-state index contributed by atoms with van der Waals surface area (Å²) in [6, 6.07) is 19.2. The molecule has 1 N–H and O–H groups in total. The van der Waals surface area contributed by atoms with Gasteiger partial charge in [-0.15, -0.1) is 0 Å². The van der Waals surface area contributed by atoms with E-state index in [9.17, 15) is 18.0 Å². The van der Waals surface area contributed by atoms with E-state index in [0.717, 1.165) is 15.4 Å². The van der Waals surface area contributed by atoms with Crippen molar-refractivity contribution < 1.29 is 27.5 Å². The maximum atomic E-state index is 14.0. The average molecular weight is 554 g/mol. The molecular weight excluding hydrogens is 518 g/mol. The molecule has 3 aromatic rings. The van der Waals surface area contributed by atoms with Crippen molar-refractivity contribution in [1.82, 2.24) is 10.2 Å². The number of carbonyl (C=O) groups is 2. The predicted molar refractivity (Wildman–Crippen MR) is 150 cm³/mol. The Hall–Kier alpha value is -4.05. The number of para-hydroxylation sites is 2. The van der Waals surface area contributed by atoms with Gasteiger partial charge in [-0.25, -0.2) is 8.42 Å². The Balaban J connectivity index is 2.08. The number of hydrogen-bond acceptors (Lipinski definition) is 6. The minimum Gasteiger partial charge on any atom is -0.497 e. The lowest BCUT2D eigenvalue weighted by atomic mass is 10.1. The summed E-state index contributed by atoms with van der Waals surface area (Å²) in [5.41, 5.74) is 2.00. The summed E-state index contributed by atoms with van der Waals surface area (Å²) in [6.07, 6.45) is 0. The number of anilines is 1. The second-order valence-electron chi connectivity index (χ2n) is 8.88. The number of ether oxygens (including phenoxy) is 2. The van der Waals surface area contributed by atoms with Crippen molar-refractivity contribution >= 4 is 27.5 Å². The normalized spacial score (nSPS) is 11.8. The number of likely N-dealkylation sites (N-methyl/N-ethyl adjacent to an activating group) is 1. The molecule has 1 atom stereocenters. The van der Waals surface area contributed by atoms with E-state index in [1.165, 1.54) is 43.4 Å². The SMILES string of the molecule is CCNC(=O)C(C)N(Cc1ccccc1C)C(=O)CN(c1ccccc1OC)S(=O)(=O)c1ccc(OC)cc1. The predicted octanol–water partition coefficient (Wildman–Crippen LogP) is 3.76. The quantitative estimate of drug-likeness (QED) is 0.366. The van der Waals surface area contributed by atoms with Crippen molar-refractivity contribution in [3.8, 4) is 11.5 Å². The molecule has 0 saturated carbocycles. The van der Waals surface area contributed by atoms with Crippen LogP contribution in [0.25, 0.3) is 0 Å². The molecule has 0 aliphatic rings. The largest absolute Gasteiger partial charge is 0.497 e. The molecule has 3 aromatic carbocycles. The number of aryl methyl sites for hydroxylation is 1. The molecule has 9 nitrogen and oxygen atoms in total. The number of amides is 2. The van der Waals surface area contributed by atoms with Crippen LogP contribution in [0.3, 0.4) is 0 Å². The summed E-state index contributed by atoms with van der Waals surface area (Å²) in [4.78, 5) is 28.2. The minimum atomic E-state index is -4.23. The number of carbonyl (C=O) groups excluding carboxylic acids is 2. The van der Waals surface area contributed by atoms with Gasteiger partial charge in [0, 0.05) is 13.1 Å². The maximum absolute atomic E-state index is 14.0. The van der Waals surface area contributed by atoms with Crippen LogP contribution < -0.4 is 19.1 Å². The van der Waals surface area contributed by atoms with E-state index in [-0.39, 0.29) is 28.8 Å². The van der Waals surface area contributed by atoms with Gasteiger partial charge < -0.3 is 19.7 Å². The highest BCUT2D eigenvalue weighted by molar-refractivity contribution is 7.92. The van der Waals surface area contributed by atoms with E-state index in [1.54, 1.807) is 38.1 Å². The monoisotopic (exact) mass is 553 g/mol. The van der Waals surface area contributed by atoms with Crippen LogP contribution in [0.1, 0.15) is 25.0 Å². The number of methoxy groups -OCH3 is 2. The Morgan fingerprint density at radius 3 is 2.18 bits per heavy atom. The summed E-state index contributed by atoms with van der Waals surface area (Å²) >= 11 is 0. The van der Waals surface area contributed by atoms with Crippen molar-refractivity contribution in [3.63, 3.8) is 0 Å². The van der Waals surface area contributed by atoms with Crippen LogP contribution in [0.5, 0.6) is 11.5 Å². The zero-order chi connectivity index (χ0) is 28.6. The molecule has 2 amide bonds. The molecule has 10 heteroatoms. The maximum Gasteiger partial charge on any atom is 0.264 e. The van der Waals surface area contributed by atoms with E-state index < -0.39 is 28.5 Å². The lowest BCUT2D eigenvalue weighted by Crippen LogP contribution is -2.51. The van der Waals surface area contributed by atoms with Gasteiger partial charge in [0.1, 0.15) is 24.1 Å². The van der Waals surface area contributed by atoms with Crippen LogP contribution in [-0.2, 0) is 26.2 Å². The molecule has 0 aromatic heterocycles. The van der Waals surface area contributed by atoms with Crippen molar-refractivity contribution in [1.29, 1.82) is 0 Å². The number of nitrogens with zero attached hydrogens (tertiary/aromatic N) is 2. The lowest BCUT2D eigenvalue weighted by molar-refractivity contribution is -0.139. The van der Waals surface area contributed by atoms with E-state index in [4.69, 9.17) is 9.47 Å². The number of hydrogen-bond donors (Lipinski definition) is 1. The summed E-state index contributed by atoms with van der Waals surface area (Å²) in [6.45, 7) is 5.32. The summed E-state index contributed by atoms with van der Waals surface area (Å²) in [5, 5.41) is 2.75. The van der Waals surface area contributed by atoms with Crippen LogP contribution in [0.2, 0.25) is 0 Å². The average Bonchev–Trinajstić information content (AvgIpc) is 2.95. The Labute approximate surface area is 230 Å². The van der Waals surface area contributed by atoms with Gasteiger partial charge in [-0.2, -0.15) is 0 Å². The summed E-state index contributed by atoms with van der Waals surface area (Å²) < 4.78 is 39.5. The Morgan fingerprint density at radius 1 is 0.923 bits per heavy atom. The molecule has 3 rings (SSSR count). The first kappa shape index (κ1) is 29.5. The summed E-state index contributed by atoms with van der Waals surface area (Å²) in [7, 11) is -1.31. The van der Waals surface area contributed by atoms with Gasteiger partial charge in [0.15, 0.2) is 0 Å². The fourth-order valence-corrected chi connectivity index (χ4v) is 5.52. The van der Waals surface area contributed by atoms with Gasteiger partial charge in [0.2, 0.25) is 11.8 Å². The highest BCUT2D eigenvalue weighted by Crippen LogP contribution is 2.33. The van der Waals surface area contributed by atoms with Crippen LogP contribution >= 0.6 is 0 Å². The molecule has 0 spiro atoms. The Morgan fingerprint density at radius 2 is 1.56 bits per heavy atom. The molecule has 0 aliphatic carbocycles. The molecule has 0 heterocycles. The number of sulfonamides is 1. The van der Waals surface area contributed by atoms with E-state index in [2.05, 4.69) is 5.32 Å². The van der Waals surface area contributed by atoms with Gasteiger partial charge in [-0.05, 0) is 68.3 Å². The molecule has 0 radical (unpaired) electrons. The third-order valence-electron chi connectivity index (χ3n) is 6.40. The van der Waals surface area contributed by atoms with Gasteiger partial charge in [-0.1, -0.05) is 36.4 Å². The van der Waals surface area contributed by atoms with Crippen LogP contribution in [0.4, 0.5) is 5.69 Å². The second-order valence-corrected chi connectivity index (χ2v) is 10.7. The fourth-order valence-electron chi connectivity index (χ4n) is 4.10. The number of rotatable bonds is 12. The molecule has 0 bridgehead atoms. The first-order valence-corrected chi connectivity index (χ1v) is 14.0. The zero-order valence-electron chi connectivity index (χ0n) is 22.9. The second kappa shape index (κ2) is 13.1. The first-order chi connectivity index (χ1) is 18.6. The van der Waals surface area contributed by atoms with Crippen molar-refractivity contribution in [2.45, 2.75) is 38.3 Å². The molecular formula is C29H35N3O6S. The highest BCUT2D eigenvalue weighted by Gasteiger charge is 2.33. The minimum absolute atomic E-state index is 0.0239. The van der Waals surface area contributed by atoms with E-state index in [1.807, 2.05) is 31.2 Å². The van der Waals surface area contributed by atoms with Crippen LogP contribution in [0.15, 0.2) is 77.7 Å². The molecule has 208 valence electrons. The van der Waals surface area contributed by atoms with Gasteiger partial charge in [0.25, 0.3) is 10.0 Å².